The van der Waals surface area contributed by atoms with E-state index in [-0.39, 0.29) is 0 Å². The zero-order chi connectivity index (χ0) is 15.4. The third-order valence-corrected chi connectivity index (χ3v) is 5.07. The Labute approximate surface area is 135 Å². The van der Waals surface area contributed by atoms with Gasteiger partial charge < -0.3 is 10.1 Å². The highest BCUT2D eigenvalue weighted by Crippen LogP contribution is 2.39. The highest BCUT2D eigenvalue weighted by Gasteiger charge is 2.38. The molecule has 0 saturated carbocycles. The van der Waals surface area contributed by atoms with Gasteiger partial charge in [0.2, 0.25) is 0 Å². The molecule has 2 heterocycles. The molecule has 2 aliphatic rings. The lowest BCUT2D eigenvalue weighted by molar-refractivity contribution is 0.194. The third kappa shape index (κ3) is 4.02. The number of nitrogens with one attached hydrogen (secondary N) is 1. The van der Waals surface area contributed by atoms with Crippen LogP contribution in [-0.2, 0) is 6.54 Å². The van der Waals surface area contributed by atoms with Crippen LogP contribution in [0, 0.1) is 11.3 Å². The molecule has 22 heavy (non-hydrogen) atoms. The van der Waals surface area contributed by atoms with E-state index in [0.29, 0.717) is 11.3 Å². The van der Waals surface area contributed by atoms with Gasteiger partial charge in [-0.25, -0.2) is 0 Å². The van der Waals surface area contributed by atoms with E-state index in [0.717, 1.165) is 18.9 Å². The molecule has 3 nitrogen and oxygen atoms in total. The van der Waals surface area contributed by atoms with Crippen molar-refractivity contribution in [1.82, 2.24) is 10.2 Å². The number of hydrogen-bond donors (Lipinski definition) is 1. The van der Waals surface area contributed by atoms with Gasteiger partial charge in [-0.1, -0.05) is 26.0 Å². The molecule has 0 unspecified atom stereocenters. The first-order valence-electron chi connectivity index (χ1n) is 8.80. The summed E-state index contributed by atoms with van der Waals surface area (Å²) in [7, 11) is 0. The molecule has 0 aliphatic carbocycles. The number of likely N-dealkylation sites (tertiary alicyclic amines) is 1. The molecule has 0 radical (unpaired) electrons. The summed E-state index contributed by atoms with van der Waals surface area (Å²) in [6, 6.07) is 8.65. The summed E-state index contributed by atoms with van der Waals surface area (Å²) in [5.74, 6) is 1.59. The number of rotatable bonds is 5. The Hall–Kier alpha value is -1.06. The summed E-state index contributed by atoms with van der Waals surface area (Å²) in [4.78, 5) is 2.63. The van der Waals surface area contributed by atoms with Gasteiger partial charge in [0.25, 0.3) is 0 Å². The molecule has 122 valence electrons. The van der Waals surface area contributed by atoms with Crippen molar-refractivity contribution < 1.29 is 4.74 Å². The minimum atomic E-state index is 0.571. The predicted octanol–water partition coefficient (Wildman–Crippen LogP) is 3.30. The lowest BCUT2D eigenvalue weighted by Gasteiger charge is -2.34. The standard InChI is InChI=1S/C19H30N2O/c1-16(2)14-22-18-5-3-4-17(12-18)13-21-11-8-19(15-21)6-9-20-10-7-19/h3-5,12,16,20H,6-11,13-15H2,1-2H3. The van der Waals surface area contributed by atoms with Crippen LogP contribution in [0.5, 0.6) is 5.75 Å². The monoisotopic (exact) mass is 302 g/mol. The summed E-state index contributed by atoms with van der Waals surface area (Å²) in [5, 5.41) is 3.50. The smallest absolute Gasteiger partial charge is 0.119 e. The Morgan fingerprint density at radius 2 is 2.05 bits per heavy atom. The Bertz CT molecular complexity index is 480. The quantitative estimate of drug-likeness (QED) is 0.903. The van der Waals surface area contributed by atoms with Gasteiger partial charge in [0.05, 0.1) is 6.61 Å². The van der Waals surface area contributed by atoms with Crippen LogP contribution in [0.3, 0.4) is 0 Å². The van der Waals surface area contributed by atoms with Crippen LogP contribution < -0.4 is 10.1 Å². The minimum Gasteiger partial charge on any atom is -0.493 e. The first-order chi connectivity index (χ1) is 10.7. The summed E-state index contributed by atoms with van der Waals surface area (Å²) in [5.41, 5.74) is 1.98. The molecule has 0 atom stereocenters. The Morgan fingerprint density at radius 1 is 1.23 bits per heavy atom. The van der Waals surface area contributed by atoms with Crippen molar-refractivity contribution in [3.63, 3.8) is 0 Å². The van der Waals surface area contributed by atoms with Gasteiger partial charge in [-0.3, -0.25) is 4.90 Å². The van der Waals surface area contributed by atoms with Crippen molar-refractivity contribution in [3.05, 3.63) is 29.8 Å². The van der Waals surface area contributed by atoms with Gasteiger partial charge >= 0.3 is 0 Å². The molecule has 3 rings (SSSR count). The van der Waals surface area contributed by atoms with E-state index in [1.54, 1.807) is 0 Å². The average Bonchev–Trinajstić information content (AvgIpc) is 2.88. The Balaban J connectivity index is 1.56. The molecule has 0 aromatic heterocycles. The van der Waals surface area contributed by atoms with Gasteiger partial charge in [0.1, 0.15) is 5.75 Å². The van der Waals surface area contributed by atoms with E-state index in [1.165, 1.54) is 51.0 Å². The number of piperidine rings is 1. The highest BCUT2D eigenvalue weighted by molar-refractivity contribution is 5.28. The lowest BCUT2D eigenvalue weighted by atomic mass is 9.78. The van der Waals surface area contributed by atoms with Crippen LogP contribution in [-0.4, -0.2) is 37.7 Å². The van der Waals surface area contributed by atoms with Crippen molar-refractivity contribution in [1.29, 1.82) is 0 Å². The first-order valence-corrected chi connectivity index (χ1v) is 8.80. The van der Waals surface area contributed by atoms with E-state index in [2.05, 4.69) is 48.3 Å². The maximum Gasteiger partial charge on any atom is 0.119 e. The molecule has 0 amide bonds. The predicted molar refractivity (Wildman–Crippen MR) is 91.2 cm³/mol. The van der Waals surface area contributed by atoms with Crippen molar-refractivity contribution >= 4 is 0 Å². The molecule has 2 fully saturated rings. The molecule has 1 aromatic rings. The lowest BCUT2D eigenvalue weighted by Crippen LogP contribution is -2.38. The van der Waals surface area contributed by atoms with E-state index in [9.17, 15) is 0 Å². The minimum absolute atomic E-state index is 0.571. The van der Waals surface area contributed by atoms with Gasteiger partial charge in [0.15, 0.2) is 0 Å². The number of benzene rings is 1. The second-order valence-corrected chi connectivity index (χ2v) is 7.56. The maximum atomic E-state index is 5.86. The van der Waals surface area contributed by atoms with Crippen LogP contribution in [0.2, 0.25) is 0 Å². The summed E-state index contributed by atoms with van der Waals surface area (Å²) in [6.45, 7) is 11.2. The topological polar surface area (TPSA) is 24.5 Å². The third-order valence-electron chi connectivity index (χ3n) is 5.07. The van der Waals surface area contributed by atoms with Crippen LogP contribution in [0.15, 0.2) is 24.3 Å². The van der Waals surface area contributed by atoms with E-state index < -0.39 is 0 Å². The zero-order valence-electron chi connectivity index (χ0n) is 14.1. The van der Waals surface area contributed by atoms with E-state index in [1.807, 2.05) is 0 Å². The van der Waals surface area contributed by atoms with E-state index >= 15 is 0 Å². The van der Waals surface area contributed by atoms with Crippen LogP contribution in [0.4, 0.5) is 0 Å². The molecule has 2 aliphatic heterocycles. The SMILES string of the molecule is CC(C)COc1cccc(CN2CCC3(CCNCC3)C2)c1. The van der Waals surface area contributed by atoms with Crippen molar-refractivity contribution in [2.45, 2.75) is 39.7 Å². The zero-order valence-corrected chi connectivity index (χ0v) is 14.1. The fraction of sp³-hybridized carbons (Fsp3) is 0.684. The largest absolute Gasteiger partial charge is 0.493 e. The maximum absolute atomic E-state index is 5.86. The van der Waals surface area contributed by atoms with E-state index in [4.69, 9.17) is 4.74 Å². The number of nitrogens with zero attached hydrogens (tertiary/aromatic N) is 1. The van der Waals surface area contributed by atoms with Crippen LogP contribution in [0.1, 0.15) is 38.7 Å². The molecule has 1 spiro atoms. The Morgan fingerprint density at radius 3 is 2.82 bits per heavy atom. The highest BCUT2D eigenvalue weighted by atomic mass is 16.5. The van der Waals surface area contributed by atoms with Crippen LogP contribution in [0.25, 0.3) is 0 Å². The number of hydrogen-bond acceptors (Lipinski definition) is 3. The fourth-order valence-electron chi connectivity index (χ4n) is 3.78. The van der Waals surface area contributed by atoms with Gasteiger partial charge in [0, 0.05) is 13.1 Å². The molecule has 3 heteroatoms. The molecular weight excluding hydrogens is 272 g/mol. The second kappa shape index (κ2) is 7.01. The molecule has 2 saturated heterocycles. The van der Waals surface area contributed by atoms with Crippen molar-refractivity contribution in [2.24, 2.45) is 11.3 Å². The normalized spacial score (nSPS) is 21.6. The van der Waals surface area contributed by atoms with Gasteiger partial charge in [-0.05, 0) is 67.9 Å². The molecular formula is C19H30N2O. The Kier molecular flexibility index (Phi) is 5.04. The fourth-order valence-corrected chi connectivity index (χ4v) is 3.78. The summed E-state index contributed by atoms with van der Waals surface area (Å²) >= 11 is 0. The second-order valence-electron chi connectivity index (χ2n) is 7.56. The molecule has 1 aromatic carbocycles. The van der Waals surface area contributed by atoms with Crippen LogP contribution >= 0.6 is 0 Å². The molecule has 1 N–H and O–H groups in total. The van der Waals surface area contributed by atoms with Gasteiger partial charge in [-0.15, -0.1) is 0 Å². The van der Waals surface area contributed by atoms with Crippen molar-refractivity contribution in [3.8, 4) is 5.75 Å². The van der Waals surface area contributed by atoms with Gasteiger partial charge in [-0.2, -0.15) is 0 Å². The first kappa shape index (κ1) is 15.8. The average molecular weight is 302 g/mol. The number of ether oxygens (including phenoxy) is 1. The van der Waals surface area contributed by atoms with Crippen molar-refractivity contribution in [2.75, 3.05) is 32.8 Å². The molecule has 0 bridgehead atoms. The summed E-state index contributed by atoms with van der Waals surface area (Å²) < 4.78 is 5.86. The summed E-state index contributed by atoms with van der Waals surface area (Å²) in [6.07, 6.45) is 4.07.